The van der Waals surface area contributed by atoms with Crippen molar-refractivity contribution < 1.29 is 14.5 Å². The van der Waals surface area contributed by atoms with Gasteiger partial charge in [-0.3, -0.25) is 19.7 Å². The molecule has 1 aliphatic carbocycles. The molecule has 0 aliphatic heterocycles. The van der Waals surface area contributed by atoms with Gasteiger partial charge in [-0.2, -0.15) is 0 Å². The minimum Gasteiger partial charge on any atom is -0.352 e. The van der Waals surface area contributed by atoms with Crippen LogP contribution >= 0.6 is 0 Å². The van der Waals surface area contributed by atoms with Crippen LogP contribution in [0.25, 0.3) is 0 Å². The molecule has 2 unspecified atom stereocenters. The summed E-state index contributed by atoms with van der Waals surface area (Å²) in [5, 5.41) is 13.2. The number of carbonyl (C=O) groups is 2. The Kier molecular flexibility index (Phi) is 4.21. The first-order chi connectivity index (χ1) is 9.90. The van der Waals surface area contributed by atoms with Gasteiger partial charge in [0.25, 0.3) is 5.91 Å². The summed E-state index contributed by atoms with van der Waals surface area (Å²) in [6.45, 7) is 0.302. The summed E-state index contributed by atoms with van der Waals surface area (Å²) in [6, 6.07) is 6.18. The van der Waals surface area contributed by atoms with Crippen molar-refractivity contribution in [3.8, 4) is 0 Å². The summed E-state index contributed by atoms with van der Waals surface area (Å²) in [6.07, 6.45) is 0.315. The number of amides is 2. The lowest BCUT2D eigenvalue weighted by Crippen LogP contribution is -2.27. The van der Waals surface area contributed by atoms with E-state index in [0.29, 0.717) is 18.5 Å². The first kappa shape index (κ1) is 15.0. The van der Waals surface area contributed by atoms with Crippen molar-refractivity contribution >= 4 is 11.8 Å². The molecule has 1 saturated carbocycles. The molecule has 1 N–H and O–H groups in total. The van der Waals surface area contributed by atoms with Crippen molar-refractivity contribution in [1.29, 1.82) is 0 Å². The Bertz CT molecular complexity index is 568. The molecule has 0 saturated heterocycles. The molecule has 7 heteroatoms. The molecule has 1 aromatic rings. The smallest absolute Gasteiger partial charge is 0.253 e. The maximum atomic E-state index is 11.7. The molecule has 21 heavy (non-hydrogen) atoms. The van der Waals surface area contributed by atoms with Crippen molar-refractivity contribution in [1.82, 2.24) is 10.2 Å². The number of carbonyl (C=O) groups excluding carboxylic acids is 2. The number of nitrogens with zero attached hydrogens (tertiary/aromatic N) is 2. The van der Waals surface area contributed by atoms with Gasteiger partial charge < -0.3 is 10.2 Å². The first-order valence-electron chi connectivity index (χ1n) is 6.62. The highest BCUT2D eigenvalue weighted by Crippen LogP contribution is 2.33. The average Bonchev–Trinajstić information content (AvgIpc) is 3.25. The van der Waals surface area contributed by atoms with Crippen LogP contribution in [0.5, 0.6) is 0 Å². The Morgan fingerprint density at radius 2 is 1.95 bits per heavy atom. The highest BCUT2D eigenvalue weighted by molar-refractivity contribution is 5.93. The largest absolute Gasteiger partial charge is 0.352 e. The third-order valence-corrected chi connectivity index (χ3v) is 3.44. The summed E-state index contributed by atoms with van der Waals surface area (Å²) >= 11 is 0. The Balaban J connectivity index is 1.86. The van der Waals surface area contributed by atoms with E-state index in [1.165, 1.54) is 4.90 Å². The fraction of sp³-hybridized carbons (Fsp3) is 0.429. The number of hydrogen-bond acceptors (Lipinski definition) is 4. The zero-order valence-electron chi connectivity index (χ0n) is 11.9. The summed E-state index contributed by atoms with van der Waals surface area (Å²) in [5.41, 5.74) is 1.42. The van der Waals surface area contributed by atoms with Gasteiger partial charge in [0.1, 0.15) is 5.92 Å². The fourth-order valence-corrected chi connectivity index (χ4v) is 2.04. The van der Waals surface area contributed by atoms with Crippen LogP contribution in [0.4, 0.5) is 0 Å². The van der Waals surface area contributed by atoms with E-state index in [-0.39, 0.29) is 11.8 Å². The molecule has 0 radical (unpaired) electrons. The molecule has 0 bridgehead atoms. The van der Waals surface area contributed by atoms with Crippen molar-refractivity contribution in [3.05, 3.63) is 45.5 Å². The van der Waals surface area contributed by atoms with Crippen LogP contribution in [0.15, 0.2) is 24.3 Å². The predicted octanol–water partition coefficient (Wildman–Crippen LogP) is 0.670. The number of benzene rings is 1. The van der Waals surface area contributed by atoms with Gasteiger partial charge in [-0.15, -0.1) is 0 Å². The number of rotatable bonds is 5. The molecular weight excluding hydrogens is 274 g/mol. The van der Waals surface area contributed by atoms with Gasteiger partial charge in [0, 0.05) is 37.5 Å². The van der Waals surface area contributed by atoms with Crippen LogP contribution in [0.2, 0.25) is 0 Å². The van der Waals surface area contributed by atoms with E-state index in [0.717, 1.165) is 5.56 Å². The molecule has 1 fully saturated rings. The van der Waals surface area contributed by atoms with Crippen LogP contribution in [0.1, 0.15) is 22.3 Å². The second-order valence-electron chi connectivity index (χ2n) is 5.31. The Morgan fingerprint density at radius 3 is 2.43 bits per heavy atom. The molecule has 7 nitrogen and oxygen atoms in total. The van der Waals surface area contributed by atoms with E-state index >= 15 is 0 Å². The standard InChI is InChI=1S/C14H17N3O4/c1-16(2)14(19)10-5-3-9(4-6-10)8-15-13(18)11-7-12(11)17(20)21/h3-6,11-12H,7-8H2,1-2H3,(H,15,18). The van der Waals surface area contributed by atoms with Crippen molar-refractivity contribution in [2.45, 2.75) is 19.0 Å². The molecule has 2 rings (SSSR count). The highest BCUT2D eigenvalue weighted by atomic mass is 16.6. The third-order valence-electron chi connectivity index (χ3n) is 3.44. The molecule has 2 atom stereocenters. The van der Waals surface area contributed by atoms with E-state index in [2.05, 4.69) is 5.32 Å². The Morgan fingerprint density at radius 1 is 1.33 bits per heavy atom. The quantitative estimate of drug-likeness (QED) is 0.637. The van der Waals surface area contributed by atoms with E-state index in [4.69, 9.17) is 0 Å². The normalized spacial score (nSPS) is 19.7. The predicted molar refractivity (Wildman–Crippen MR) is 75.2 cm³/mol. The van der Waals surface area contributed by atoms with E-state index in [1.54, 1.807) is 38.4 Å². The van der Waals surface area contributed by atoms with Gasteiger partial charge in [-0.25, -0.2) is 0 Å². The summed E-state index contributed by atoms with van der Waals surface area (Å²) in [7, 11) is 3.36. The molecule has 112 valence electrons. The second-order valence-corrected chi connectivity index (χ2v) is 5.31. The monoisotopic (exact) mass is 291 g/mol. The van der Waals surface area contributed by atoms with Gasteiger partial charge in [-0.05, 0) is 17.7 Å². The zero-order valence-corrected chi connectivity index (χ0v) is 11.9. The zero-order chi connectivity index (χ0) is 15.6. The third kappa shape index (κ3) is 3.56. The topological polar surface area (TPSA) is 92.6 Å². The lowest BCUT2D eigenvalue weighted by Gasteiger charge is -2.10. The van der Waals surface area contributed by atoms with Gasteiger partial charge in [0.05, 0.1) is 0 Å². The SMILES string of the molecule is CN(C)C(=O)c1ccc(CNC(=O)C2CC2[N+](=O)[O-])cc1. The lowest BCUT2D eigenvalue weighted by atomic mass is 10.1. The average molecular weight is 291 g/mol. The molecular formula is C14H17N3O4. The number of nitro groups is 1. The minimum atomic E-state index is -0.731. The number of nitrogens with one attached hydrogen (secondary N) is 1. The Labute approximate surface area is 122 Å². The molecule has 1 aliphatic rings. The first-order valence-corrected chi connectivity index (χ1v) is 6.62. The van der Waals surface area contributed by atoms with Crippen LogP contribution in [-0.4, -0.2) is 41.8 Å². The van der Waals surface area contributed by atoms with Crippen LogP contribution in [0.3, 0.4) is 0 Å². The van der Waals surface area contributed by atoms with Gasteiger partial charge in [0.15, 0.2) is 0 Å². The second kappa shape index (κ2) is 5.90. The summed E-state index contributed by atoms with van der Waals surface area (Å²) in [5.74, 6) is -0.878. The Hall–Kier alpha value is -2.44. The van der Waals surface area contributed by atoms with Crippen LogP contribution in [-0.2, 0) is 11.3 Å². The van der Waals surface area contributed by atoms with Crippen molar-refractivity contribution in [2.24, 2.45) is 5.92 Å². The summed E-state index contributed by atoms with van der Waals surface area (Å²) < 4.78 is 0. The van der Waals surface area contributed by atoms with Crippen LogP contribution < -0.4 is 5.32 Å². The molecule has 2 amide bonds. The fourth-order valence-electron chi connectivity index (χ4n) is 2.04. The van der Waals surface area contributed by atoms with Gasteiger partial charge in [-0.1, -0.05) is 12.1 Å². The van der Waals surface area contributed by atoms with Crippen LogP contribution in [0, 0.1) is 16.0 Å². The maximum Gasteiger partial charge on any atom is 0.253 e. The van der Waals surface area contributed by atoms with Crippen molar-refractivity contribution in [2.75, 3.05) is 14.1 Å². The molecule has 0 aromatic heterocycles. The minimum absolute atomic E-state index is 0.0857. The van der Waals surface area contributed by atoms with E-state index < -0.39 is 16.9 Å². The van der Waals surface area contributed by atoms with Gasteiger partial charge in [0.2, 0.25) is 11.9 Å². The maximum absolute atomic E-state index is 11.7. The number of hydrogen-bond donors (Lipinski definition) is 1. The van der Waals surface area contributed by atoms with E-state index in [9.17, 15) is 19.7 Å². The van der Waals surface area contributed by atoms with Gasteiger partial charge >= 0.3 is 0 Å². The van der Waals surface area contributed by atoms with Crippen molar-refractivity contribution in [3.63, 3.8) is 0 Å². The molecule has 1 aromatic carbocycles. The highest BCUT2D eigenvalue weighted by Gasteiger charge is 2.53. The molecule has 0 heterocycles. The lowest BCUT2D eigenvalue weighted by molar-refractivity contribution is -0.497. The summed E-state index contributed by atoms with van der Waals surface area (Å²) in [4.78, 5) is 35.0. The van der Waals surface area contributed by atoms with E-state index in [1.807, 2.05) is 0 Å². The molecule has 0 spiro atoms.